The fourth-order valence-corrected chi connectivity index (χ4v) is 3.31. The van der Waals surface area contributed by atoms with Gasteiger partial charge in [-0.3, -0.25) is 9.78 Å². The summed E-state index contributed by atoms with van der Waals surface area (Å²) in [7, 11) is -2.00. The van der Waals surface area contributed by atoms with Crippen LogP contribution in [-0.4, -0.2) is 37.8 Å². The third-order valence-electron chi connectivity index (χ3n) is 3.75. The molecule has 0 aliphatic carbocycles. The minimum atomic E-state index is -3.72. The Labute approximate surface area is 148 Å². The Morgan fingerprint density at radius 1 is 1.20 bits per heavy atom. The first kappa shape index (κ1) is 19.1. The number of carbonyl (C=O) groups excluding carboxylic acids is 1. The molecule has 0 radical (unpaired) electrons. The SMILES string of the molecule is CCCCN(C)C(=O)c1cccc(S(=O)(=O)NCc2ccccn2)c1. The number of benzene rings is 1. The Morgan fingerprint density at radius 3 is 2.68 bits per heavy atom. The van der Waals surface area contributed by atoms with Gasteiger partial charge in [-0.15, -0.1) is 0 Å². The number of sulfonamides is 1. The molecule has 0 aliphatic heterocycles. The Balaban J connectivity index is 2.12. The zero-order chi connectivity index (χ0) is 18.3. The van der Waals surface area contributed by atoms with E-state index in [1.807, 2.05) is 0 Å². The van der Waals surface area contributed by atoms with Gasteiger partial charge < -0.3 is 4.90 Å². The number of aromatic nitrogens is 1. The van der Waals surface area contributed by atoms with Crippen molar-refractivity contribution in [1.82, 2.24) is 14.6 Å². The van der Waals surface area contributed by atoms with Gasteiger partial charge in [0.25, 0.3) is 5.91 Å². The van der Waals surface area contributed by atoms with Crippen LogP contribution in [0.4, 0.5) is 0 Å². The van der Waals surface area contributed by atoms with E-state index in [0.29, 0.717) is 17.8 Å². The molecule has 1 aromatic carbocycles. The lowest BCUT2D eigenvalue weighted by Gasteiger charge is -2.17. The fourth-order valence-electron chi connectivity index (χ4n) is 2.27. The van der Waals surface area contributed by atoms with Crippen LogP contribution in [0.3, 0.4) is 0 Å². The third kappa shape index (κ3) is 5.37. The molecule has 2 aromatic rings. The minimum absolute atomic E-state index is 0.0678. The largest absolute Gasteiger partial charge is 0.342 e. The molecule has 1 aromatic heterocycles. The zero-order valence-electron chi connectivity index (χ0n) is 14.5. The number of unbranched alkanes of at least 4 members (excludes halogenated alkanes) is 1. The molecular weight excluding hydrogens is 338 g/mol. The summed E-state index contributed by atoms with van der Waals surface area (Å²) in [6.45, 7) is 2.79. The lowest BCUT2D eigenvalue weighted by molar-refractivity contribution is 0.0793. The van der Waals surface area contributed by atoms with Crippen LogP contribution in [0, 0.1) is 0 Å². The first-order valence-corrected chi connectivity index (χ1v) is 9.67. The summed E-state index contributed by atoms with van der Waals surface area (Å²) in [5.41, 5.74) is 0.983. The maximum atomic E-state index is 12.5. The number of hydrogen-bond acceptors (Lipinski definition) is 4. The fraction of sp³-hybridized carbons (Fsp3) is 0.333. The summed E-state index contributed by atoms with van der Waals surface area (Å²) in [6, 6.07) is 11.4. The topological polar surface area (TPSA) is 79.4 Å². The van der Waals surface area contributed by atoms with E-state index < -0.39 is 10.0 Å². The van der Waals surface area contributed by atoms with Crippen LogP contribution < -0.4 is 4.72 Å². The molecule has 0 saturated heterocycles. The minimum Gasteiger partial charge on any atom is -0.342 e. The molecule has 0 saturated carbocycles. The van der Waals surface area contributed by atoms with Crippen LogP contribution in [0.25, 0.3) is 0 Å². The average Bonchev–Trinajstić information content (AvgIpc) is 2.65. The van der Waals surface area contributed by atoms with Crippen LogP contribution in [-0.2, 0) is 16.6 Å². The number of pyridine rings is 1. The van der Waals surface area contributed by atoms with E-state index in [4.69, 9.17) is 0 Å². The summed E-state index contributed by atoms with van der Waals surface area (Å²) in [6.07, 6.45) is 3.50. The summed E-state index contributed by atoms with van der Waals surface area (Å²) in [5, 5.41) is 0. The second-order valence-electron chi connectivity index (χ2n) is 5.75. The molecule has 0 spiro atoms. The van der Waals surface area contributed by atoms with E-state index in [9.17, 15) is 13.2 Å². The summed E-state index contributed by atoms with van der Waals surface area (Å²) in [5.74, 6) is -0.185. The first-order chi connectivity index (χ1) is 11.9. The third-order valence-corrected chi connectivity index (χ3v) is 5.15. The van der Waals surface area contributed by atoms with Crippen molar-refractivity contribution in [2.45, 2.75) is 31.2 Å². The molecule has 0 bridgehead atoms. The number of carbonyl (C=O) groups is 1. The number of hydrogen-bond donors (Lipinski definition) is 1. The van der Waals surface area contributed by atoms with Crippen LogP contribution in [0.1, 0.15) is 35.8 Å². The molecule has 1 amide bonds. The molecule has 1 heterocycles. The number of amides is 1. The van der Waals surface area contributed by atoms with E-state index in [1.54, 1.807) is 48.5 Å². The average molecular weight is 361 g/mol. The van der Waals surface area contributed by atoms with Gasteiger partial charge in [-0.2, -0.15) is 0 Å². The van der Waals surface area contributed by atoms with Crippen LogP contribution in [0.2, 0.25) is 0 Å². The maximum Gasteiger partial charge on any atom is 0.253 e. The van der Waals surface area contributed by atoms with Crippen molar-refractivity contribution >= 4 is 15.9 Å². The van der Waals surface area contributed by atoms with Crippen molar-refractivity contribution in [2.75, 3.05) is 13.6 Å². The molecule has 1 N–H and O–H groups in total. The summed E-state index contributed by atoms with van der Waals surface area (Å²) < 4.78 is 27.4. The monoisotopic (exact) mass is 361 g/mol. The quantitative estimate of drug-likeness (QED) is 0.783. The molecule has 25 heavy (non-hydrogen) atoms. The highest BCUT2D eigenvalue weighted by Crippen LogP contribution is 2.14. The first-order valence-electron chi connectivity index (χ1n) is 8.19. The lowest BCUT2D eigenvalue weighted by atomic mass is 10.2. The van der Waals surface area contributed by atoms with Crippen LogP contribution >= 0.6 is 0 Å². The Morgan fingerprint density at radius 2 is 2.00 bits per heavy atom. The van der Waals surface area contributed by atoms with E-state index in [0.717, 1.165) is 12.8 Å². The normalized spacial score (nSPS) is 11.3. The predicted octanol–water partition coefficient (Wildman–Crippen LogP) is 2.43. The van der Waals surface area contributed by atoms with Gasteiger partial charge >= 0.3 is 0 Å². The number of nitrogens with zero attached hydrogens (tertiary/aromatic N) is 2. The van der Waals surface area contributed by atoms with Crippen molar-refractivity contribution in [3.8, 4) is 0 Å². The van der Waals surface area contributed by atoms with Crippen molar-refractivity contribution < 1.29 is 13.2 Å². The number of rotatable bonds is 8. The zero-order valence-corrected chi connectivity index (χ0v) is 15.3. The van der Waals surface area contributed by atoms with Crippen molar-refractivity contribution in [1.29, 1.82) is 0 Å². The second-order valence-corrected chi connectivity index (χ2v) is 7.52. The van der Waals surface area contributed by atoms with Crippen LogP contribution in [0.15, 0.2) is 53.6 Å². The molecule has 2 rings (SSSR count). The summed E-state index contributed by atoms with van der Waals surface area (Å²) in [4.78, 5) is 18.2. The van der Waals surface area contributed by atoms with Gasteiger partial charge in [0.2, 0.25) is 10.0 Å². The van der Waals surface area contributed by atoms with E-state index >= 15 is 0 Å². The lowest BCUT2D eigenvalue weighted by Crippen LogP contribution is -2.28. The molecule has 0 atom stereocenters. The molecule has 0 fully saturated rings. The van der Waals surface area contributed by atoms with Crippen molar-refractivity contribution in [3.05, 3.63) is 59.9 Å². The van der Waals surface area contributed by atoms with Crippen molar-refractivity contribution in [2.24, 2.45) is 0 Å². The van der Waals surface area contributed by atoms with E-state index in [-0.39, 0.29) is 17.3 Å². The Hall–Kier alpha value is -2.25. The second kappa shape index (κ2) is 8.73. The van der Waals surface area contributed by atoms with Gasteiger partial charge in [-0.1, -0.05) is 25.5 Å². The van der Waals surface area contributed by atoms with Gasteiger partial charge in [0.1, 0.15) is 0 Å². The Kier molecular flexibility index (Phi) is 6.66. The van der Waals surface area contributed by atoms with Gasteiger partial charge in [0.05, 0.1) is 17.1 Å². The highest BCUT2D eigenvalue weighted by molar-refractivity contribution is 7.89. The molecule has 134 valence electrons. The molecule has 7 heteroatoms. The standard InChI is InChI=1S/C18H23N3O3S/c1-3-4-12-21(2)18(22)15-8-7-10-17(13-15)25(23,24)20-14-16-9-5-6-11-19-16/h5-11,13,20H,3-4,12,14H2,1-2H3. The smallest absolute Gasteiger partial charge is 0.253 e. The highest BCUT2D eigenvalue weighted by Gasteiger charge is 2.18. The van der Waals surface area contributed by atoms with E-state index in [2.05, 4.69) is 16.6 Å². The van der Waals surface area contributed by atoms with Gasteiger partial charge in [0.15, 0.2) is 0 Å². The van der Waals surface area contributed by atoms with Gasteiger partial charge in [-0.25, -0.2) is 13.1 Å². The predicted molar refractivity (Wildman–Crippen MR) is 96.6 cm³/mol. The van der Waals surface area contributed by atoms with E-state index in [1.165, 1.54) is 12.1 Å². The molecule has 6 nitrogen and oxygen atoms in total. The van der Waals surface area contributed by atoms with Gasteiger partial charge in [0, 0.05) is 25.4 Å². The van der Waals surface area contributed by atoms with Crippen LogP contribution in [0.5, 0.6) is 0 Å². The molecule has 0 unspecified atom stereocenters. The molecule has 0 aliphatic rings. The number of nitrogens with one attached hydrogen (secondary N) is 1. The summed E-state index contributed by atoms with van der Waals surface area (Å²) >= 11 is 0. The molecular formula is C18H23N3O3S. The van der Waals surface area contributed by atoms with Gasteiger partial charge in [-0.05, 0) is 36.8 Å². The maximum absolute atomic E-state index is 12.5. The van der Waals surface area contributed by atoms with Crippen molar-refractivity contribution in [3.63, 3.8) is 0 Å². The Bertz CT molecular complexity index is 807. The highest BCUT2D eigenvalue weighted by atomic mass is 32.2.